The minimum Gasteiger partial charge on any atom is -0.376 e. The molecule has 0 radical (unpaired) electrons. The Labute approximate surface area is 124 Å². The molecular weight excluding hydrogens is 270 g/mol. The maximum atomic E-state index is 12.6. The molecule has 7 nitrogen and oxygen atoms in total. The number of hydrogen-bond donors (Lipinski definition) is 3. The molecule has 0 spiro atoms. The van der Waals surface area contributed by atoms with Crippen molar-refractivity contribution in [2.75, 3.05) is 12.0 Å². The lowest BCUT2D eigenvalue weighted by molar-refractivity contribution is 0.0724. The molecule has 116 valence electrons. The Morgan fingerprint density at radius 3 is 2.81 bits per heavy atom. The zero-order chi connectivity index (χ0) is 15.6. The molecule has 1 aromatic rings. The second kappa shape index (κ2) is 5.95. The molecule has 1 aromatic heterocycles. The first-order chi connectivity index (χ1) is 9.87. The van der Waals surface area contributed by atoms with Gasteiger partial charge in [-0.1, -0.05) is 13.8 Å². The highest BCUT2D eigenvalue weighted by molar-refractivity contribution is 5.97. The number of nitrogens with two attached hydrogens (primary N) is 1. The monoisotopic (exact) mass is 293 g/mol. The van der Waals surface area contributed by atoms with Gasteiger partial charge in [0, 0.05) is 12.5 Å². The van der Waals surface area contributed by atoms with Crippen molar-refractivity contribution in [3.05, 3.63) is 17.7 Å². The fraction of sp³-hybridized carbons (Fsp3) is 0.643. The average Bonchev–Trinajstić information content (AvgIpc) is 2.77. The number of hydrazine groups is 1. The Balaban J connectivity index is 2.27. The topological polar surface area (TPSA) is 102 Å². The Kier molecular flexibility index (Phi) is 4.43. The van der Waals surface area contributed by atoms with E-state index in [9.17, 15) is 4.79 Å². The second-order valence-corrected chi connectivity index (χ2v) is 5.92. The molecule has 7 heteroatoms. The predicted octanol–water partition coefficient (Wildman–Crippen LogP) is 1.18. The van der Waals surface area contributed by atoms with Crippen LogP contribution in [0, 0.1) is 0 Å². The van der Waals surface area contributed by atoms with Crippen LogP contribution in [-0.2, 0) is 4.74 Å². The number of hydrogen-bond acceptors (Lipinski definition) is 6. The van der Waals surface area contributed by atoms with Crippen LogP contribution in [0.1, 0.15) is 56.3 Å². The van der Waals surface area contributed by atoms with Crippen molar-refractivity contribution in [1.29, 1.82) is 0 Å². The van der Waals surface area contributed by atoms with Gasteiger partial charge in [0.2, 0.25) is 0 Å². The third-order valence-electron chi connectivity index (χ3n) is 3.98. The number of nitrogen functional groups attached to an aromatic ring is 1. The highest BCUT2D eigenvalue weighted by Gasteiger charge is 2.39. The van der Waals surface area contributed by atoms with Gasteiger partial charge in [-0.2, -0.15) is 0 Å². The third kappa shape index (κ3) is 3.14. The van der Waals surface area contributed by atoms with Crippen molar-refractivity contribution >= 4 is 11.6 Å². The van der Waals surface area contributed by atoms with Crippen molar-refractivity contribution in [1.82, 2.24) is 15.3 Å². The van der Waals surface area contributed by atoms with Gasteiger partial charge in [-0.3, -0.25) is 10.6 Å². The van der Waals surface area contributed by atoms with Crippen molar-refractivity contribution in [3.63, 3.8) is 0 Å². The molecule has 0 bridgehead atoms. The van der Waals surface area contributed by atoms with E-state index in [1.54, 1.807) is 0 Å². The molecule has 0 saturated carbocycles. The van der Waals surface area contributed by atoms with Crippen LogP contribution < -0.4 is 16.6 Å². The van der Waals surface area contributed by atoms with E-state index < -0.39 is 5.54 Å². The summed E-state index contributed by atoms with van der Waals surface area (Å²) in [4.78, 5) is 21.1. The summed E-state index contributed by atoms with van der Waals surface area (Å²) in [6.07, 6.45) is 2.27. The van der Waals surface area contributed by atoms with Gasteiger partial charge in [-0.05, 0) is 20.3 Å². The molecule has 0 aliphatic carbocycles. The summed E-state index contributed by atoms with van der Waals surface area (Å²) in [5.41, 5.74) is 2.75. The first kappa shape index (κ1) is 15.7. The summed E-state index contributed by atoms with van der Waals surface area (Å²) in [6.45, 7) is 8.51. The highest BCUT2D eigenvalue weighted by Crippen LogP contribution is 2.26. The molecule has 4 N–H and O–H groups in total. The van der Waals surface area contributed by atoms with Gasteiger partial charge >= 0.3 is 0 Å². The van der Waals surface area contributed by atoms with Gasteiger partial charge in [-0.25, -0.2) is 9.97 Å². The van der Waals surface area contributed by atoms with Gasteiger partial charge in [0.25, 0.3) is 5.91 Å². The largest absolute Gasteiger partial charge is 0.376 e. The number of carbonyl (C=O) groups is 1. The smallest absolute Gasteiger partial charge is 0.272 e. The minimum atomic E-state index is -0.397. The Morgan fingerprint density at radius 2 is 2.29 bits per heavy atom. The lowest BCUT2D eigenvalue weighted by Gasteiger charge is -2.29. The van der Waals surface area contributed by atoms with E-state index in [1.165, 1.54) is 6.20 Å². The number of carbonyl (C=O) groups excluding carboxylic acids is 1. The number of nitrogens with one attached hydrogen (secondary N) is 2. The second-order valence-electron chi connectivity index (χ2n) is 5.92. The predicted molar refractivity (Wildman–Crippen MR) is 79.8 cm³/mol. The Bertz CT molecular complexity index is 534. The molecule has 1 saturated heterocycles. The van der Waals surface area contributed by atoms with E-state index in [2.05, 4.69) is 20.7 Å². The van der Waals surface area contributed by atoms with Crippen molar-refractivity contribution in [3.8, 4) is 0 Å². The summed E-state index contributed by atoms with van der Waals surface area (Å²) in [6, 6.07) is 0. The van der Waals surface area contributed by atoms with Crippen LogP contribution in [0.15, 0.2) is 6.20 Å². The summed E-state index contributed by atoms with van der Waals surface area (Å²) in [7, 11) is 0. The number of amides is 1. The van der Waals surface area contributed by atoms with Crippen molar-refractivity contribution in [2.45, 2.75) is 51.7 Å². The number of ether oxygens (including phenoxy) is 1. The number of rotatable bonds is 4. The van der Waals surface area contributed by atoms with Gasteiger partial charge in [0.15, 0.2) is 5.69 Å². The van der Waals surface area contributed by atoms with E-state index in [0.29, 0.717) is 18.1 Å². The lowest BCUT2D eigenvalue weighted by atomic mass is 9.94. The molecule has 1 aliphatic heterocycles. The fourth-order valence-corrected chi connectivity index (χ4v) is 2.27. The van der Waals surface area contributed by atoms with Gasteiger partial charge in [0.05, 0.1) is 23.5 Å². The van der Waals surface area contributed by atoms with E-state index >= 15 is 0 Å². The fourth-order valence-electron chi connectivity index (χ4n) is 2.27. The quantitative estimate of drug-likeness (QED) is 0.569. The molecule has 1 amide bonds. The van der Waals surface area contributed by atoms with Crippen LogP contribution in [0.5, 0.6) is 0 Å². The van der Waals surface area contributed by atoms with E-state index in [-0.39, 0.29) is 23.6 Å². The molecule has 2 unspecified atom stereocenters. The Hall–Kier alpha value is -1.73. The minimum absolute atomic E-state index is 0.0397. The zero-order valence-electron chi connectivity index (χ0n) is 12.9. The normalized spacial score (nSPS) is 25.1. The van der Waals surface area contributed by atoms with Crippen molar-refractivity contribution < 1.29 is 9.53 Å². The van der Waals surface area contributed by atoms with E-state index in [0.717, 1.165) is 6.42 Å². The van der Waals surface area contributed by atoms with Crippen molar-refractivity contribution in [2.24, 2.45) is 5.84 Å². The molecule has 2 atom stereocenters. The number of anilines is 1. The summed E-state index contributed by atoms with van der Waals surface area (Å²) >= 11 is 0. The summed E-state index contributed by atoms with van der Waals surface area (Å²) < 4.78 is 5.54. The standard InChI is InChI=1S/C14H23N5O2/c1-8(2)12-16-7-10(19-15)11(17-12)13(20)18-14(4)5-6-21-9(14)3/h7-9,19H,5-6,15H2,1-4H3,(H,18,20). The first-order valence-corrected chi connectivity index (χ1v) is 7.15. The molecule has 2 heterocycles. The molecule has 2 rings (SSSR count). The van der Waals surface area contributed by atoms with Crippen LogP contribution in [0.3, 0.4) is 0 Å². The number of aromatic nitrogens is 2. The average molecular weight is 293 g/mol. The molecule has 0 aromatic carbocycles. The maximum absolute atomic E-state index is 12.6. The molecular formula is C14H23N5O2. The Morgan fingerprint density at radius 1 is 1.57 bits per heavy atom. The van der Waals surface area contributed by atoms with E-state index in [4.69, 9.17) is 10.6 Å². The summed E-state index contributed by atoms with van der Waals surface area (Å²) in [5, 5.41) is 3.01. The van der Waals surface area contributed by atoms with Crippen LogP contribution in [0.25, 0.3) is 0 Å². The third-order valence-corrected chi connectivity index (χ3v) is 3.98. The zero-order valence-corrected chi connectivity index (χ0v) is 12.9. The van der Waals surface area contributed by atoms with Crippen LogP contribution in [0.2, 0.25) is 0 Å². The maximum Gasteiger partial charge on any atom is 0.272 e. The van der Waals surface area contributed by atoms with Crippen LogP contribution in [0.4, 0.5) is 5.69 Å². The molecule has 1 aliphatic rings. The summed E-state index contributed by atoms with van der Waals surface area (Å²) in [5.74, 6) is 5.92. The van der Waals surface area contributed by atoms with E-state index in [1.807, 2.05) is 27.7 Å². The lowest BCUT2D eigenvalue weighted by Crippen LogP contribution is -2.51. The molecule has 1 fully saturated rings. The highest BCUT2D eigenvalue weighted by atomic mass is 16.5. The van der Waals surface area contributed by atoms with Crippen LogP contribution >= 0.6 is 0 Å². The van der Waals surface area contributed by atoms with Crippen LogP contribution in [-0.4, -0.2) is 34.1 Å². The van der Waals surface area contributed by atoms with Gasteiger partial charge < -0.3 is 15.5 Å². The molecule has 21 heavy (non-hydrogen) atoms. The SMILES string of the molecule is CC(C)c1ncc(NN)c(C(=O)NC2(C)CCOC2C)n1. The first-order valence-electron chi connectivity index (χ1n) is 7.15. The van der Waals surface area contributed by atoms with Gasteiger partial charge in [-0.15, -0.1) is 0 Å². The number of nitrogens with zero attached hydrogens (tertiary/aromatic N) is 2. The van der Waals surface area contributed by atoms with Gasteiger partial charge in [0.1, 0.15) is 5.82 Å².